The Hall–Kier alpha value is -2.01. The lowest BCUT2D eigenvalue weighted by molar-refractivity contribution is 0.184. The average molecular weight is 283 g/mol. The molecule has 0 spiro atoms. The molecule has 0 heterocycles. The summed E-state index contributed by atoms with van der Waals surface area (Å²) in [6.07, 6.45) is 2.71. The average Bonchev–Trinajstić information content (AvgIpc) is 2.45. The Morgan fingerprint density at radius 1 is 1.42 bits per heavy atom. The summed E-state index contributed by atoms with van der Waals surface area (Å²) in [5.41, 5.74) is 0.678. The summed E-state index contributed by atoms with van der Waals surface area (Å²) in [6.45, 7) is 1.80. The van der Waals surface area contributed by atoms with Crippen LogP contribution < -0.4 is 4.90 Å². The number of halogens is 1. The van der Waals surface area contributed by atoms with E-state index >= 15 is 0 Å². The van der Waals surface area contributed by atoms with Gasteiger partial charge in [0, 0.05) is 6.20 Å². The van der Waals surface area contributed by atoms with Gasteiger partial charge in [-0.2, -0.15) is 0 Å². The first kappa shape index (κ1) is 15.0. The minimum Gasteiger partial charge on any atom is -0.396 e. The van der Waals surface area contributed by atoms with Gasteiger partial charge in [-0.25, -0.2) is 4.79 Å². The molecule has 0 fully saturated rings. The summed E-state index contributed by atoms with van der Waals surface area (Å²) in [5, 5.41) is 3.51. The van der Waals surface area contributed by atoms with Gasteiger partial charge in [0.05, 0.1) is 5.69 Å². The molecular formula is C13H15ClN2O3. The molecule has 0 aliphatic heterocycles. The molecule has 0 aliphatic rings. The van der Waals surface area contributed by atoms with E-state index in [1.807, 2.05) is 18.2 Å². The van der Waals surface area contributed by atoms with Crippen molar-refractivity contribution in [3.8, 4) is 0 Å². The molecule has 1 rings (SSSR count). The molecule has 5 nitrogen and oxygen atoms in total. The smallest absolute Gasteiger partial charge is 0.396 e. The lowest BCUT2D eigenvalue weighted by Crippen LogP contribution is -2.29. The summed E-state index contributed by atoms with van der Waals surface area (Å²) in [6, 6.07) is 9.08. The highest BCUT2D eigenvalue weighted by Crippen LogP contribution is 2.15. The second-order valence-corrected chi connectivity index (χ2v) is 3.62. The first-order valence-electron chi connectivity index (χ1n) is 5.57. The number of benzene rings is 1. The molecule has 0 aromatic heterocycles. The molecule has 1 aromatic rings. The molecule has 0 saturated carbocycles. The summed E-state index contributed by atoms with van der Waals surface area (Å²) in [4.78, 5) is 17.9. The zero-order chi connectivity index (χ0) is 14.1. The number of ether oxygens (including phenoxy) is 1. The van der Waals surface area contributed by atoms with E-state index < -0.39 is 6.09 Å². The molecular weight excluding hydrogens is 268 g/mol. The van der Waals surface area contributed by atoms with E-state index in [-0.39, 0.29) is 11.8 Å². The molecule has 0 aliphatic carbocycles. The topological polar surface area (TPSA) is 51.1 Å². The maximum absolute atomic E-state index is 12.0. The fourth-order valence-electron chi connectivity index (χ4n) is 1.31. The number of anilines is 1. The lowest BCUT2D eigenvalue weighted by Gasteiger charge is -2.17. The van der Waals surface area contributed by atoms with Crippen LogP contribution in [0.4, 0.5) is 10.5 Å². The van der Waals surface area contributed by atoms with Crippen LogP contribution in [-0.2, 0) is 9.57 Å². The van der Waals surface area contributed by atoms with Gasteiger partial charge in [-0.3, -0.25) is 4.90 Å². The fraction of sp³-hybridized carbons (Fsp3) is 0.231. The highest BCUT2D eigenvalue weighted by molar-refractivity contribution is 6.28. The summed E-state index contributed by atoms with van der Waals surface area (Å²) in [7, 11) is 1.35. The van der Waals surface area contributed by atoms with Gasteiger partial charge in [0.25, 0.3) is 5.90 Å². The molecule has 0 radical (unpaired) electrons. The lowest BCUT2D eigenvalue weighted by atomic mass is 10.3. The number of oxime groups is 1. The van der Waals surface area contributed by atoms with E-state index in [0.717, 1.165) is 0 Å². The minimum absolute atomic E-state index is 0.000370. The Morgan fingerprint density at radius 3 is 2.63 bits per heavy atom. The van der Waals surface area contributed by atoms with Crippen molar-refractivity contribution in [3.63, 3.8) is 0 Å². The number of allylic oxidation sites excluding steroid dienone is 1. The highest BCUT2D eigenvalue weighted by atomic mass is 35.5. The van der Waals surface area contributed by atoms with Crippen molar-refractivity contribution in [3.05, 3.63) is 42.6 Å². The molecule has 0 N–H and O–H groups in total. The first-order valence-corrected chi connectivity index (χ1v) is 6.11. The number of nitrogens with zero attached hydrogens (tertiary/aromatic N) is 2. The molecule has 19 heavy (non-hydrogen) atoms. The maximum Gasteiger partial charge on any atom is 0.425 e. The third-order valence-electron chi connectivity index (χ3n) is 2.04. The van der Waals surface area contributed by atoms with Crippen LogP contribution in [-0.4, -0.2) is 25.0 Å². The van der Waals surface area contributed by atoms with Crippen molar-refractivity contribution in [2.45, 2.75) is 6.92 Å². The van der Waals surface area contributed by atoms with E-state index in [9.17, 15) is 4.79 Å². The van der Waals surface area contributed by atoms with Crippen molar-refractivity contribution >= 4 is 29.3 Å². The normalized spacial score (nSPS) is 11.4. The van der Waals surface area contributed by atoms with Gasteiger partial charge < -0.3 is 9.57 Å². The molecule has 0 bridgehead atoms. The molecule has 0 atom stereocenters. The Morgan fingerprint density at radius 2 is 2.11 bits per heavy atom. The zero-order valence-corrected chi connectivity index (χ0v) is 11.5. The van der Waals surface area contributed by atoms with Crippen LogP contribution >= 0.6 is 11.6 Å². The number of para-hydroxylation sites is 1. The number of carbonyl (C=O) groups excluding carboxylic acids is 1. The molecule has 102 valence electrons. The van der Waals surface area contributed by atoms with Gasteiger partial charge in [-0.1, -0.05) is 29.4 Å². The van der Waals surface area contributed by atoms with Crippen molar-refractivity contribution in [2.24, 2.45) is 5.16 Å². The number of amides is 1. The van der Waals surface area contributed by atoms with Crippen LogP contribution in [0.2, 0.25) is 0 Å². The summed E-state index contributed by atoms with van der Waals surface area (Å²) < 4.78 is 5.04. The maximum atomic E-state index is 12.0. The molecule has 6 heteroatoms. The standard InChI is InChI=1S/C13H15ClN2O3/c1-3-9-16(11-7-5-4-6-8-11)13(17)19-12(10-14)15-18-2/h3-9H,10H2,1-2H3. The molecule has 0 unspecified atom stereocenters. The van der Waals surface area contributed by atoms with Gasteiger partial charge in [0.15, 0.2) is 0 Å². The van der Waals surface area contributed by atoms with E-state index in [1.54, 1.807) is 31.3 Å². The van der Waals surface area contributed by atoms with E-state index in [1.165, 1.54) is 12.0 Å². The van der Waals surface area contributed by atoms with Gasteiger partial charge >= 0.3 is 6.09 Å². The van der Waals surface area contributed by atoms with Gasteiger partial charge in [-0.05, 0) is 19.1 Å². The molecule has 1 aromatic carbocycles. The fourth-order valence-corrected chi connectivity index (χ4v) is 1.42. The Labute approximate surface area is 117 Å². The van der Waals surface area contributed by atoms with Crippen LogP contribution in [0.5, 0.6) is 0 Å². The first-order chi connectivity index (χ1) is 9.22. The van der Waals surface area contributed by atoms with Crippen molar-refractivity contribution in [1.29, 1.82) is 0 Å². The molecule has 1 amide bonds. The van der Waals surface area contributed by atoms with Crippen LogP contribution in [0.3, 0.4) is 0 Å². The number of hydrogen-bond donors (Lipinski definition) is 0. The number of carbonyl (C=O) groups is 1. The largest absolute Gasteiger partial charge is 0.425 e. The van der Waals surface area contributed by atoms with Crippen molar-refractivity contribution in [1.82, 2.24) is 0 Å². The van der Waals surface area contributed by atoms with Crippen LogP contribution in [0.25, 0.3) is 0 Å². The predicted octanol–water partition coefficient (Wildman–Crippen LogP) is 3.36. The van der Waals surface area contributed by atoms with Gasteiger partial charge in [0.2, 0.25) is 0 Å². The van der Waals surface area contributed by atoms with Crippen molar-refractivity contribution in [2.75, 3.05) is 17.9 Å². The van der Waals surface area contributed by atoms with E-state index in [4.69, 9.17) is 16.3 Å². The Balaban J connectivity index is 2.89. The van der Waals surface area contributed by atoms with Crippen LogP contribution in [0.15, 0.2) is 47.8 Å². The second-order valence-electron chi connectivity index (χ2n) is 3.36. The monoisotopic (exact) mass is 282 g/mol. The molecule has 0 saturated heterocycles. The van der Waals surface area contributed by atoms with Crippen LogP contribution in [0.1, 0.15) is 6.92 Å². The quantitative estimate of drug-likeness (QED) is 0.368. The number of rotatable bonds is 4. The Bertz CT molecular complexity index is 460. The SMILES string of the molecule is CC=CN(C(=O)OC(CCl)=NOC)c1ccccc1. The van der Waals surface area contributed by atoms with Gasteiger partial charge in [-0.15, -0.1) is 11.6 Å². The number of hydrogen-bond acceptors (Lipinski definition) is 4. The predicted molar refractivity (Wildman–Crippen MR) is 75.4 cm³/mol. The highest BCUT2D eigenvalue weighted by Gasteiger charge is 2.17. The van der Waals surface area contributed by atoms with E-state index in [0.29, 0.717) is 5.69 Å². The summed E-state index contributed by atoms with van der Waals surface area (Å²) >= 11 is 5.59. The van der Waals surface area contributed by atoms with Crippen LogP contribution in [0, 0.1) is 0 Å². The second kappa shape index (κ2) is 8.16. The van der Waals surface area contributed by atoms with Gasteiger partial charge in [0.1, 0.15) is 13.0 Å². The third-order valence-corrected chi connectivity index (χ3v) is 2.27. The Kier molecular flexibility index (Phi) is 6.46. The minimum atomic E-state index is -0.610. The zero-order valence-electron chi connectivity index (χ0n) is 10.7. The van der Waals surface area contributed by atoms with Crippen molar-refractivity contribution < 1.29 is 14.4 Å². The summed E-state index contributed by atoms with van der Waals surface area (Å²) in [5.74, 6) is -0.0579. The number of alkyl halides is 1. The van der Waals surface area contributed by atoms with E-state index in [2.05, 4.69) is 9.99 Å². The third kappa shape index (κ3) is 4.63.